The first-order valence-electron chi connectivity index (χ1n) is 7.63. The maximum atomic E-state index is 5.70. The molecule has 0 bridgehead atoms. The lowest BCUT2D eigenvalue weighted by Gasteiger charge is -2.01. The van der Waals surface area contributed by atoms with Gasteiger partial charge in [0, 0.05) is 5.56 Å². The molecule has 0 spiro atoms. The van der Waals surface area contributed by atoms with E-state index in [-0.39, 0.29) is 0 Å². The van der Waals surface area contributed by atoms with Gasteiger partial charge in [0.1, 0.15) is 0 Å². The third-order valence-corrected chi connectivity index (χ3v) is 3.63. The van der Waals surface area contributed by atoms with E-state index >= 15 is 0 Å². The zero-order chi connectivity index (χ0) is 16.4. The van der Waals surface area contributed by atoms with Crippen LogP contribution in [0.5, 0.6) is 0 Å². The van der Waals surface area contributed by atoms with E-state index in [2.05, 4.69) is 45.6 Å². The summed E-state index contributed by atoms with van der Waals surface area (Å²) in [6, 6.07) is 17.9. The Labute approximate surface area is 138 Å². The number of hydrogen-bond acceptors (Lipinski definition) is 5. The Balaban J connectivity index is 1.56. The molecule has 6 nitrogen and oxygen atoms in total. The highest BCUT2D eigenvalue weighted by Crippen LogP contribution is 2.22. The summed E-state index contributed by atoms with van der Waals surface area (Å²) in [5.74, 6) is 0.836. The molecule has 0 saturated heterocycles. The molecule has 2 aromatic heterocycles. The monoisotopic (exact) mass is 317 g/mol. The summed E-state index contributed by atoms with van der Waals surface area (Å²) in [6.07, 6.45) is 1.81. The van der Waals surface area contributed by atoms with E-state index in [1.54, 1.807) is 4.68 Å². The minimum absolute atomic E-state index is 0.365. The third-order valence-electron chi connectivity index (χ3n) is 3.63. The minimum Gasteiger partial charge on any atom is -0.414 e. The maximum Gasteiger partial charge on any atom is 0.270 e. The van der Waals surface area contributed by atoms with E-state index in [1.807, 2.05) is 42.6 Å². The summed E-state index contributed by atoms with van der Waals surface area (Å²) in [5, 5.41) is 16.4. The molecule has 4 rings (SSSR count). The summed E-state index contributed by atoms with van der Waals surface area (Å²) in [6.45, 7) is 2.72. The molecular weight excluding hydrogens is 302 g/mol. The zero-order valence-electron chi connectivity index (χ0n) is 13.1. The van der Waals surface area contributed by atoms with Crippen molar-refractivity contribution in [3.8, 4) is 23.0 Å². The molecule has 2 heterocycles. The number of rotatable bonds is 4. The highest BCUT2D eigenvalue weighted by molar-refractivity contribution is 5.54. The van der Waals surface area contributed by atoms with E-state index in [1.165, 1.54) is 11.1 Å². The van der Waals surface area contributed by atoms with Gasteiger partial charge in [-0.25, -0.2) is 4.68 Å². The van der Waals surface area contributed by atoms with Crippen molar-refractivity contribution in [2.24, 2.45) is 0 Å². The Kier molecular flexibility index (Phi) is 3.63. The molecule has 0 aliphatic carbocycles. The Morgan fingerprint density at radius 1 is 0.917 bits per heavy atom. The van der Waals surface area contributed by atoms with Crippen LogP contribution in [0.15, 0.2) is 65.2 Å². The average Bonchev–Trinajstić information content (AvgIpc) is 3.25. The molecule has 24 heavy (non-hydrogen) atoms. The van der Waals surface area contributed by atoms with Crippen molar-refractivity contribution in [3.05, 3.63) is 71.9 Å². The van der Waals surface area contributed by atoms with Crippen molar-refractivity contribution in [1.82, 2.24) is 25.2 Å². The lowest BCUT2D eigenvalue weighted by molar-refractivity contribution is 0.582. The first kappa shape index (κ1) is 14.3. The van der Waals surface area contributed by atoms with Crippen LogP contribution < -0.4 is 0 Å². The van der Waals surface area contributed by atoms with Crippen LogP contribution in [-0.2, 0) is 6.54 Å². The molecule has 4 aromatic rings. The molecule has 0 fully saturated rings. The van der Waals surface area contributed by atoms with Gasteiger partial charge in [-0.1, -0.05) is 53.2 Å². The fourth-order valence-corrected chi connectivity index (χ4v) is 2.50. The van der Waals surface area contributed by atoms with E-state index in [4.69, 9.17) is 4.42 Å². The number of aryl methyl sites for hydroxylation is 1. The van der Waals surface area contributed by atoms with Crippen LogP contribution >= 0.6 is 0 Å². The quantitative estimate of drug-likeness (QED) is 0.577. The molecule has 0 N–H and O–H groups in total. The van der Waals surface area contributed by atoms with Crippen LogP contribution in [0.2, 0.25) is 0 Å². The average molecular weight is 317 g/mol. The molecule has 0 radical (unpaired) electrons. The molecule has 0 unspecified atom stereocenters. The van der Waals surface area contributed by atoms with E-state index in [9.17, 15) is 0 Å². The van der Waals surface area contributed by atoms with Crippen molar-refractivity contribution in [1.29, 1.82) is 0 Å². The predicted molar refractivity (Wildman–Crippen MR) is 89.0 cm³/mol. The molecule has 118 valence electrons. The van der Waals surface area contributed by atoms with Gasteiger partial charge >= 0.3 is 0 Å². The molecule has 0 saturated carbocycles. The van der Waals surface area contributed by atoms with Crippen molar-refractivity contribution >= 4 is 0 Å². The van der Waals surface area contributed by atoms with Crippen molar-refractivity contribution in [2.75, 3.05) is 0 Å². The lowest BCUT2D eigenvalue weighted by atomic mass is 10.1. The van der Waals surface area contributed by atoms with Gasteiger partial charge in [0.2, 0.25) is 5.89 Å². The van der Waals surface area contributed by atoms with Crippen molar-refractivity contribution < 1.29 is 4.42 Å². The van der Waals surface area contributed by atoms with Gasteiger partial charge in [0.05, 0.1) is 12.7 Å². The van der Waals surface area contributed by atoms with Crippen molar-refractivity contribution in [3.63, 3.8) is 0 Å². The second kappa shape index (κ2) is 6.08. The van der Waals surface area contributed by atoms with Crippen LogP contribution in [0.1, 0.15) is 11.1 Å². The second-order valence-corrected chi connectivity index (χ2v) is 5.57. The SMILES string of the molecule is Cc1cccc(Cn2cc(-c3nnc(-c4ccccc4)o3)nn2)c1. The zero-order valence-corrected chi connectivity index (χ0v) is 13.1. The van der Waals surface area contributed by atoms with E-state index < -0.39 is 0 Å². The van der Waals surface area contributed by atoms with Crippen LogP contribution in [0.4, 0.5) is 0 Å². The third kappa shape index (κ3) is 2.94. The highest BCUT2D eigenvalue weighted by atomic mass is 16.4. The standard InChI is InChI=1S/C18H15N5O/c1-13-6-5-7-14(10-13)11-23-12-16(19-22-23)18-21-20-17(24-18)15-8-3-2-4-9-15/h2-10,12H,11H2,1H3. The first-order valence-corrected chi connectivity index (χ1v) is 7.63. The number of aromatic nitrogens is 5. The van der Waals surface area contributed by atoms with E-state index in [0.29, 0.717) is 24.0 Å². The summed E-state index contributed by atoms with van der Waals surface area (Å²) in [7, 11) is 0. The Hall–Kier alpha value is -3.28. The molecule has 0 aliphatic rings. The van der Waals surface area contributed by atoms with Gasteiger partial charge in [0.25, 0.3) is 5.89 Å². The van der Waals surface area contributed by atoms with Crippen molar-refractivity contribution in [2.45, 2.75) is 13.5 Å². The minimum atomic E-state index is 0.365. The van der Waals surface area contributed by atoms with Gasteiger partial charge in [-0.3, -0.25) is 0 Å². The van der Waals surface area contributed by atoms with Gasteiger partial charge in [0.15, 0.2) is 5.69 Å². The summed E-state index contributed by atoms with van der Waals surface area (Å²) in [4.78, 5) is 0. The molecular formula is C18H15N5O. The fourth-order valence-electron chi connectivity index (χ4n) is 2.50. The molecule has 6 heteroatoms. The predicted octanol–water partition coefficient (Wildman–Crippen LogP) is 3.35. The smallest absolute Gasteiger partial charge is 0.270 e. The van der Waals surface area contributed by atoms with Gasteiger partial charge in [-0.15, -0.1) is 15.3 Å². The Bertz CT molecular complexity index is 958. The number of nitrogens with zero attached hydrogens (tertiary/aromatic N) is 5. The second-order valence-electron chi connectivity index (χ2n) is 5.57. The number of hydrogen-bond donors (Lipinski definition) is 0. The topological polar surface area (TPSA) is 69.6 Å². The van der Waals surface area contributed by atoms with Gasteiger partial charge < -0.3 is 4.42 Å². The molecule has 2 aromatic carbocycles. The molecule has 0 amide bonds. The highest BCUT2D eigenvalue weighted by Gasteiger charge is 2.13. The van der Waals surface area contributed by atoms with E-state index in [0.717, 1.165) is 5.56 Å². The summed E-state index contributed by atoms with van der Waals surface area (Å²) >= 11 is 0. The lowest BCUT2D eigenvalue weighted by Crippen LogP contribution is -2.00. The Morgan fingerprint density at radius 2 is 1.75 bits per heavy atom. The molecule has 0 aliphatic heterocycles. The maximum absolute atomic E-state index is 5.70. The van der Waals surface area contributed by atoms with Crippen LogP contribution in [-0.4, -0.2) is 25.2 Å². The molecule has 0 atom stereocenters. The largest absolute Gasteiger partial charge is 0.414 e. The van der Waals surface area contributed by atoms with Crippen LogP contribution in [0, 0.1) is 6.92 Å². The number of benzene rings is 2. The summed E-state index contributed by atoms with van der Waals surface area (Å²) < 4.78 is 7.46. The fraction of sp³-hybridized carbons (Fsp3) is 0.111. The Morgan fingerprint density at radius 3 is 2.58 bits per heavy atom. The van der Waals surface area contributed by atoms with Crippen LogP contribution in [0.25, 0.3) is 23.0 Å². The van der Waals surface area contributed by atoms with Gasteiger partial charge in [-0.05, 0) is 24.6 Å². The van der Waals surface area contributed by atoms with Crippen LogP contribution in [0.3, 0.4) is 0 Å². The normalized spacial score (nSPS) is 10.9. The summed E-state index contributed by atoms with van der Waals surface area (Å²) in [5.41, 5.74) is 3.83. The first-order chi connectivity index (χ1) is 11.8. The van der Waals surface area contributed by atoms with Gasteiger partial charge in [-0.2, -0.15) is 0 Å².